The fourth-order valence-electron chi connectivity index (χ4n) is 1.79. The van der Waals surface area contributed by atoms with Crippen molar-refractivity contribution in [2.24, 2.45) is 0 Å². The largest absolute Gasteiger partial charge is 0.406 e. The standard InChI is InChI=1S/C16H18F3N3O3/c1-4-13(23)20-12-7-5-11(6-8-12)15(25)22(10-16(17,18)19)9-14(24)21(2)3/h4-8H,1,9-10H2,2-3H3,(H,20,23). The Morgan fingerprint density at radius 2 is 1.72 bits per heavy atom. The first-order valence-corrected chi connectivity index (χ1v) is 7.13. The molecule has 0 atom stereocenters. The lowest BCUT2D eigenvalue weighted by Crippen LogP contribution is -2.44. The molecule has 6 nitrogen and oxygen atoms in total. The summed E-state index contributed by atoms with van der Waals surface area (Å²) in [5.74, 6) is -2.03. The number of halogens is 3. The zero-order valence-corrected chi connectivity index (χ0v) is 13.8. The van der Waals surface area contributed by atoms with Crippen LogP contribution in [0.2, 0.25) is 0 Å². The molecule has 0 aliphatic heterocycles. The molecule has 0 spiro atoms. The summed E-state index contributed by atoms with van der Waals surface area (Å²) >= 11 is 0. The highest BCUT2D eigenvalue weighted by molar-refractivity contribution is 6.00. The first-order valence-electron chi connectivity index (χ1n) is 7.13. The number of likely N-dealkylation sites (N-methyl/N-ethyl adjacent to an activating group) is 1. The van der Waals surface area contributed by atoms with Gasteiger partial charge in [0.1, 0.15) is 13.1 Å². The van der Waals surface area contributed by atoms with E-state index in [2.05, 4.69) is 11.9 Å². The molecule has 136 valence electrons. The molecule has 0 aliphatic rings. The average Bonchev–Trinajstić information content (AvgIpc) is 2.52. The minimum absolute atomic E-state index is 0.0348. The van der Waals surface area contributed by atoms with Crippen LogP contribution in [0.1, 0.15) is 10.4 Å². The molecule has 0 heterocycles. The van der Waals surface area contributed by atoms with Gasteiger partial charge in [-0.1, -0.05) is 6.58 Å². The summed E-state index contributed by atoms with van der Waals surface area (Å²) in [5.41, 5.74) is 0.320. The lowest BCUT2D eigenvalue weighted by Gasteiger charge is -2.25. The number of benzene rings is 1. The Morgan fingerprint density at radius 3 is 2.16 bits per heavy atom. The summed E-state index contributed by atoms with van der Waals surface area (Å²) < 4.78 is 38.1. The molecular weight excluding hydrogens is 339 g/mol. The zero-order chi connectivity index (χ0) is 19.2. The molecule has 0 saturated carbocycles. The van der Waals surface area contributed by atoms with Crippen LogP contribution in [0, 0.1) is 0 Å². The van der Waals surface area contributed by atoms with E-state index in [0.29, 0.717) is 10.6 Å². The number of nitrogens with one attached hydrogen (secondary N) is 1. The fourth-order valence-corrected chi connectivity index (χ4v) is 1.79. The lowest BCUT2D eigenvalue weighted by atomic mass is 10.1. The van der Waals surface area contributed by atoms with Gasteiger partial charge in [-0.25, -0.2) is 0 Å². The number of carbonyl (C=O) groups excluding carboxylic acids is 3. The van der Waals surface area contributed by atoms with E-state index in [1.807, 2.05) is 0 Å². The fraction of sp³-hybridized carbons (Fsp3) is 0.312. The number of hydrogen-bond acceptors (Lipinski definition) is 3. The van der Waals surface area contributed by atoms with Gasteiger partial charge < -0.3 is 15.1 Å². The Kier molecular flexibility index (Phi) is 6.72. The van der Waals surface area contributed by atoms with Crippen molar-refractivity contribution in [3.05, 3.63) is 42.5 Å². The maximum Gasteiger partial charge on any atom is 0.406 e. The van der Waals surface area contributed by atoms with Gasteiger partial charge in [0.15, 0.2) is 0 Å². The van der Waals surface area contributed by atoms with Crippen LogP contribution in [-0.2, 0) is 9.59 Å². The van der Waals surface area contributed by atoms with Gasteiger partial charge in [-0.3, -0.25) is 14.4 Å². The van der Waals surface area contributed by atoms with Gasteiger partial charge in [-0.15, -0.1) is 0 Å². The van der Waals surface area contributed by atoms with Gasteiger partial charge in [0.25, 0.3) is 5.91 Å². The molecule has 1 rings (SSSR count). The summed E-state index contributed by atoms with van der Waals surface area (Å²) in [6, 6.07) is 5.28. The predicted octanol–water partition coefficient (Wildman–Crippen LogP) is 1.90. The van der Waals surface area contributed by atoms with Gasteiger partial charge in [-0.2, -0.15) is 13.2 Å². The topological polar surface area (TPSA) is 69.7 Å². The minimum Gasteiger partial charge on any atom is -0.347 e. The Balaban J connectivity index is 2.97. The number of rotatable bonds is 6. The highest BCUT2D eigenvalue weighted by Gasteiger charge is 2.34. The Labute approximate surface area is 142 Å². The van der Waals surface area contributed by atoms with Crippen LogP contribution in [0.25, 0.3) is 0 Å². The molecule has 1 N–H and O–H groups in total. The van der Waals surface area contributed by atoms with Gasteiger partial charge in [0, 0.05) is 25.3 Å². The van der Waals surface area contributed by atoms with Crippen molar-refractivity contribution >= 4 is 23.4 Å². The van der Waals surface area contributed by atoms with E-state index in [0.717, 1.165) is 11.0 Å². The first kappa shape index (κ1) is 20.2. The Hall–Kier alpha value is -2.84. The van der Waals surface area contributed by atoms with Gasteiger partial charge in [0.05, 0.1) is 0 Å². The highest BCUT2D eigenvalue weighted by atomic mass is 19.4. The maximum atomic E-state index is 12.7. The second-order valence-corrected chi connectivity index (χ2v) is 5.34. The Bertz CT molecular complexity index is 655. The third-order valence-electron chi connectivity index (χ3n) is 3.07. The molecule has 0 aromatic heterocycles. The normalized spacial score (nSPS) is 10.8. The van der Waals surface area contributed by atoms with Crippen LogP contribution in [0.4, 0.5) is 18.9 Å². The van der Waals surface area contributed by atoms with Crippen molar-refractivity contribution in [1.29, 1.82) is 0 Å². The maximum absolute atomic E-state index is 12.7. The van der Waals surface area contributed by atoms with E-state index >= 15 is 0 Å². The minimum atomic E-state index is -4.64. The first-order chi connectivity index (χ1) is 11.5. The van der Waals surface area contributed by atoms with Crippen LogP contribution >= 0.6 is 0 Å². The quantitative estimate of drug-likeness (QED) is 0.791. The molecule has 0 fully saturated rings. The van der Waals surface area contributed by atoms with Gasteiger partial charge >= 0.3 is 6.18 Å². The third kappa shape index (κ3) is 6.66. The van der Waals surface area contributed by atoms with Crippen molar-refractivity contribution in [1.82, 2.24) is 9.80 Å². The molecule has 3 amide bonds. The third-order valence-corrected chi connectivity index (χ3v) is 3.07. The molecule has 0 radical (unpaired) electrons. The second kappa shape index (κ2) is 8.32. The average molecular weight is 357 g/mol. The van der Waals surface area contributed by atoms with E-state index < -0.39 is 37.0 Å². The number of alkyl halides is 3. The summed E-state index contributed by atoms with van der Waals surface area (Å²) in [6.45, 7) is 1.05. The molecule has 1 aromatic carbocycles. The van der Waals surface area contributed by atoms with Crippen LogP contribution in [0.15, 0.2) is 36.9 Å². The van der Waals surface area contributed by atoms with Gasteiger partial charge in [0.2, 0.25) is 11.8 Å². The number of carbonyl (C=O) groups is 3. The molecule has 1 aromatic rings. The molecule has 0 saturated heterocycles. The van der Waals surface area contributed by atoms with Crippen molar-refractivity contribution < 1.29 is 27.6 Å². The SMILES string of the molecule is C=CC(=O)Nc1ccc(C(=O)N(CC(=O)N(C)C)CC(F)(F)F)cc1. The number of hydrogen-bond donors (Lipinski definition) is 1. The van der Waals surface area contributed by atoms with E-state index in [1.165, 1.54) is 38.4 Å². The molecule has 25 heavy (non-hydrogen) atoms. The van der Waals surface area contributed by atoms with Crippen LogP contribution in [0.3, 0.4) is 0 Å². The zero-order valence-electron chi connectivity index (χ0n) is 13.8. The van der Waals surface area contributed by atoms with Crippen molar-refractivity contribution in [2.75, 3.05) is 32.5 Å². The predicted molar refractivity (Wildman–Crippen MR) is 85.9 cm³/mol. The highest BCUT2D eigenvalue weighted by Crippen LogP contribution is 2.19. The number of nitrogens with zero attached hydrogens (tertiary/aromatic N) is 2. The lowest BCUT2D eigenvalue weighted by molar-refractivity contribution is -0.146. The number of anilines is 1. The van der Waals surface area contributed by atoms with Crippen LogP contribution < -0.4 is 5.32 Å². The van der Waals surface area contributed by atoms with E-state index in [-0.39, 0.29) is 5.56 Å². The Morgan fingerprint density at radius 1 is 1.16 bits per heavy atom. The van der Waals surface area contributed by atoms with Crippen LogP contribution in [0.5, 0.6) is 0 Å². The molecule has 0 unspecified atom stereocenters. The molecular formula is C16H18F3N3O3. The van der Waals surface area contributed by atoms with Gasteiger partial charge in [-0.05, 0) is 30.3 Å². The monoisotopic (exact) mass is 357 g/mol. The summed E-state index contributed by atoms with van der Waals surface area (Å²) in [5, 5.41) is 2.45. The van der Waals surface area contributed by atoms with Crippen molar-refractivity contribution in [3.8, 4) is 0 Å². The van der Waals surface area contributed by atoms with Crippen molar-refractivity contribution in [2.45, 2.75) is 6.18 Å². The van der Waals surface area contributed by atoms with E-state index in [1.54, 1.807) is 0 Å². The van der Waals surface area contributed by atoms with E-state index in [4.69, 9.17) is 0 Å². The molecule has 0 aliphatic carbocycles. The molecule has 0 bridgehead atoms. The summed E-state index contributed by atoms with van der Waals surface area (Å²) in [6.07, 6.45) is -3.59. The van der Waals surface area contributed by atoms with Crippen molar-refractivity contribution in [3.63, 3.8) is 0 Å². The second-order valence-electron chi connectivity index (χ2n) is 5.34. The van der Waals surface area contributed by atoms with E-state index in [9.17, 15) is 27.6 Å². The van der Waals surface area contributed by atoms with Crippen LogP contribution in [-0.4, -0.2) is 60.9 Å². The summed E-state index contributed by atoms with van der Waals surface area (Å²) in [4.78, 5) is 36.7. The smallest absolute Gasteiger partial charge is 0.347 e. The summed E-state index contributed by atoms with van der Waals surface area (Å²) in [7, 11) is 2.77. The number of amides is 3. The molecule has 9 heteroatoms.